The molecule has 0 aliphatic carbocycles. The Balaban J connectivity index is 2.02. The zero-order valence-corrected chi connectivity index (χ0v) is 24.6. The Morgan fingerprint density at radius 3 is 2.41 bits per heavy atom. The summed E-state index contributed by atoms with van der Waals surface area (Å²) in [4.78, 5) is 39.3. The van der Waals surface area contributed by atoms with Gasteiger partial charge in [-0.3, -0.25) is 4.79 Å². The molecule has 1 aliphatic rings. The highest BCUT2D eigenvalue weighted by Gasteiger charge is 2.30. The van der Waals surface area contributed by atoms with Crippen molar-refractivity contribution in [2.24, 2.45) is 4.99 Å². The Morgan fingerprint density at radius 1 is 1.20 bits per heavy atom. The lowest BCUT2D eigenvalue weighted by atomic mass is 10.0. The van der Waals surface area contributed by atoms with E-state index in [2.05, 4.69) is 11.6 Å². The SMILES string of the molecule is C=CC(=O)N1CCN(c2nc(=O)n(-c3c(CC)cccc3CC)c(N=C(CCl)c3c(O)cccc3F)c2C)[C@@H](C)C1. The predicted molar refractivity (Wildman–Crippen MR) is 162 cm³/mol. The molecule has 4 rings (SSSR count). The molecule has 2 aromatic carbocycles. The van der Waals surface area contributed by atoms with Crippen molar-refractivity contribution < 1.29 is 14.3 Å². The predicted octanol–water partition coefficient (Wildman–Crippen LogP) is 5.09. The summed E-state index contributed by atoms with van der Waals surface area (Å²) in [6, 6.07) is 9.71. The molecular formula is C31H35ClFN5O3. The number of halogens is 2. The number of carbonyl (C=O) groups is 1. The summed E-state index contributed by atoms with van der Waals surface area (Å²) in [6.07, 6.45) is 2.61. The lowest BCUT2D eigenvalue weighted by Gasteiger charge is -2.40. The molecule has 8 nitrogen and oxygen atoms in total. The molecule has 1 atom stereocenters. The number of aliphatic imine (C=N–C) groups is 1. The first-order valence-electron chi connectivity index (χ1n) is 13.7. The van der Waals surface area contributed by atoms with E-state index in [-0.39, 0.29) is 40.7 Å². The van der Waals surface area contributed by atoms with Crippen molar-refractivity contribution in [3.05, 3.63) is 87.6 Å². The second-order valence-electron chi connectivity index (χ2n) is 9.99. The molecule has 10 heteroatoms. The first kappa shape index (κ1) is 30.0. The molecule has 0 unspecified atom stereocenters. The molecule has 2 heterocycles. The number of rotatable bonds is 8. The highest BCUT2D eigenvalue weighted by atomic mass is 35.5. The van der Waals surface area contributed by atoms with Gasteiger partial charge in [0.15, 0.2) is 0 Å². The fourth-order valence-corrected chi connectivity index (χ4v) is 5.57. The quantitative estimate of drug-likeness (QED) is 0.228. The number of piperazine rings is 1. The standard InChI is InChI=1S/C31H35ClFN5O3/c1-6-21-11-9-12-22(7-2)28(21)38-30(34-24(17-32)27-23(33)13-10-14-25(27)39)20(5)29(35-31(38)41)37-16-15-36(18-19(37)4)26(40)8-3/h8-14,19,39H,3,6-7,15-18H2,1-2,4-5H3/t19-/m0/s1. The molecule has 1 aromatic heterocycles. The van der Waals surface area contributed by atoms with Crippen molar-refractivity contribution in [1.29, 1.82) is 0 Å². The fourth-order valence-electron chi connectivity index (χ4n) is 5.38. The van der Waals surface area contributed by atoms with E-state index in [0.29, 0.717) is 49.5 Å². The van der Waals surface area contributed by atoms with Gasteiger partial charge in [0.2, 0.25) is 5.91 Å². The molecule has 0 radical (unpaired) electrons. The minimum absolute atomic E-state index is 0.0807. The Morgan fingerprint density at radius 2 is 1.85 bits per heavy atom. The van der Waals surface area contributed by atoms with E-state index in [4.69, 9.17) is 16.6 Å². The van der Waals surface area contributed by atoms with Crippen molar-refractivity contribution in [1.82, 2.24) is 14.5 Å². The number of phenolic OH excluding ortho intramolecular Hbond substituents is 1. The lowest BCUT2D eigenvalue weighted by molar-refractivity contribution is -0.126. The maximum atomic E-state index is 15.0. The highest BCUT2D eigenvalue weighted by molar-refractivity contribution is 6.32. The van der Waals surface area contributed by atoms with E-state index < -0.39 is 11.5 Å². The number of aryl methyl sites for hydroxylation is 2. The molecule has 1 saturated heterocycles. The summed E-state index contributed by atoms with van der Waals surface area (Å²) in [5, 5.41) is 10.5. The monoisotopic (exact) mass is 579 g/mol. The fraction of sp³-hybridized carbons (Fsp3) is 0.355. The average molecular weight is 580 g/mol. The smallest absolute Gasteiger partial charge is 0.355 e. The van der Waals surface area contributed by atoms with Gasteiger partial charge in [-0.1, -0.05) is 44.7 Å². The Labute approximate surface area is 244 Å². The van der Waals surface area contributed by atoms with E-state index in [1.54, 1.807) is 4.90 Å². The summed E-state index contributed by atoms with van der Waals surface area (Å²) in [7, 11) is 0. The van der Waals surface area contributed by atoms with Gasteiger partial charge in [-0.05, 0) is 56.0 Å². The van der Waals surface area contributed by atoms with Crippen molar-refractivity contribution in [3.8, 4) is 11.4 Å². The number of para-hydroxylation sites is 1. The van der Waals surface area contributed by atoms with Crippen LogP contribution in [0.25, 0.3) is 5.69 Å². The summed E-state index contributed by atoms with van der Waals surface area (Å²) < 4.78 is 16.4. The molecule has 1 aliphatic heterocycles. The van der Waals surface area contributed by atoms with Crippen molar-refractivity contribution in [2.75, 3.05) is 30.4 Å². The highest BCUT2D eigenvalue weighted by Crippen LogP contribution is 2.34. The largest absolute Gasteiger partial charge is 0.507 e. The van der Waals surface area contributed by atoms with Gasteiger partial charge in [0, 0.05) is 31.2 Å². The summed E-state index contributed by atoms with van der Waals surface area (Å²) in [5.41, 5.74) is 2.56. The molecule has 0 saturated carbocycles. The van der Waals surface area contributed by atoms with Crippen LogP contribution in [0, 0.1) is 12.7 Å². The average Bonchev–Trinajstić information content (AvgIpc) is 2.97. The lowest BCUT2D eigenvalue weighted by Crippen LogP contribution is -2.54. The van der Waals surface area contributed by atoms with Gasteiger partial charge in [-0.2, -0.15) is 4.98 Å². The van der Waals surface area contributed by atoms with E-state index in [1.165, 1.54) is 28.8 Å². The summed E-state index contributed by atoms with van der Waals surface area (Å²) in [6.45, 7) is 12.7. The number of amides is 1. The van der Waals surface area contributed by atoms with Gasteiger partial charge in [0.05, 0.1) is 22.8 Å². The van der Waals surface area contributed by atoms with Crippen LogP contribution >= 0.6 is 11.6 Å². The number of hydrogen-bond acceptors (Lipinski definition) is 6. The van der Waals surface area contributed by atoms with Crippen LogP contribution in [-0.4, -0.2) is 62.7 Å². The third kappa shape index (κ3) is 5.77. The number of hydrogen-bond donors (Lipinski definition) is 1. The molecule has 1 N–H and O–H groups in total. The number of anilines is 1. The second kappa shape index (κ2) is 12.7. The van der Waals surface area contributed by atoms with Crippen molar-refractivity contribution >= 4 is 34.9 Å². The third-order valence-electron chi connectivity index (χ3n) is 7.50. The van der Waals surface area contributed by atoms with Gasteiger partial charge in [-0.25, -0.2) is 18.7 Å². The van der Waals surface area contributed by atoms with E-state index in [1.807, 2.05) is 50.8 Å². The molecule has 1 amide bonds. The number of phenols is 1. The Hall–Kier alpha value is -3.98. The van der Waals surface area contributed by atoms with Crippen LogP contribution in [0.4, 0.5) is 16.0 Å². The van der Waals surface area contributed by atoms with Crippen LogP contribution in [0.15, 0.2) is 58.8 Å². The van der Waals surface area contributed by atoms with Crippen LogP contribution in [0.1, 0.15) is 43.0 Å². The van der Waals surface area contributed by atoms with Gasteiger partial charge in [-0.15, -0.1) is 11.6 Å². The van der Waals surface area contributed by atoms with Crippen molar-refractivity contribution in [3.63, 3.8) is 0 Å². The molecule has 0 spiro atoms. The van der Waals surface area contributed by atoms with Crippen molar-refractivity contribution in [2.45, 2.75) is 46.6 Å². The maximum absolute atomic E-state index is 15.0. The van der Waals surface area contributed by atoms with Crippen LogP contribution in [0.5, 0.6) is 5.75 Å². The molecule has 3 aromatic rings. The third-order valence-corrected chi connectivity index (χ3v) is 7.75. The molecule has 0 bridgehead atoms. The summed E-state index contributed by atoms with van der Waals surface area (Å²) in [5.74, 6) is -0.654. The van der Waals surface area contributed by atoms with Crippen LogP contribution in [0.3, 0.4) is 0 Å². The van der Waals surface area contributed by atoms with Crippen LogP contribution < -0.4 is 10.6 Å². The zero-order chi connectivity index (χ0) is 29.8. The molecule has 41 heavy (non-hydrogen) atoms. The number of aromatic hydroxyl groups is 1. The molecule has 1 fully saturated rings. The number of aromatic nitrogens is 2. The minimum Gasteiger partial charge on any atom is -0.507 e. The van der Waals surface area contributed by atoms with Gasteiger partial charge >= 0.3 is 5.69 Å². The van der Waals surface area contributed by atoms with Gasteiger partial charge in [0.1, 0.15) is 23.2 Å². The van der Waals surface area contributed by atoms with Gasteiger partial charge < -0.3 is 14.9 Å². The van der Waals surface area contributed by atoms with E-state index in [0.717, 1.165) is 11.1 Å². The molecular weight excluding hydrogens is 545 g/mol. The minimum atomic E-state index is -0.676. The van der Waals surface area contributed by atoms with Gasteiger partial charge in [0.25, 0.3) is 0 Å². The number of alkyl halides is 1. The van der Waals surface area contributed by atoms with Crippen LogP contribution in [-0.2, 0) is 17.6 Å². The molecule has 216 valence electrons. The second-order valence-corrected chi connectivity index (χ2v) is 10.3. The Bertz CT molecular complexity index is 1530. The maximum Gasteiger partial charge on any atom is 0.355 e. The Kier molecular flexibility index (Phi) is 9.28. The number of nitrogens with zero attached hydrogens (tertiary/aromatic N) is 5. The first-order chi connectivity index (χ1) is 19.7. The topological polar surface area (TPSA) is 91.0 Å². The number of benzene rings is 2. The van der Waals surface area contributed by atoms with E-state index in [9.17, 15) is 19.1 Å². The first-order valence-corrected chi connectivity index (χ1v) is 14.2. The number of carbonyl (C=O) groups excluding carboxylic acids is 1. The zero-order valence-electron chi connectivity index (χ0n) is 23.8. The van der Waals surface area contributed by atoms with Crippen LogP contribution in [0.2, 0.25) is 0 Å². The normalized spacial score (nSPS) is 15.8. The summed E-state index contributed by atoms with van der Waals surface area (Å²) >= 11 is 6.31. The van der Waals surface area contributed by atoms with E-state index >= 15 is 0 Å².